The van der Waals surface area contributed by atoms with Gasteiger partial charge >= 0.3 is 0 Å². The zero-order valence-electron chi connectivity index (χ0n) is 7.65. The van der Waals surface area contributed by atoms with E-state index in [9.17, 15) is 4.39 Å². The molecule has 0 atom stereocenters. The minimum atomic E-state index is -0.259. The van der Waals surface area contributed by atoms with E-state index in [0.29, 0.717) is 10.3 Å². The van der Waals surface area contributed by atoms with Crippen LogP contribution in [0.25, 0.3) is 0 Å². The lowest BCUT2D eigenvalue weighted by Gasteiger charge is -2.14. The van der Waals surface area contributed by atoms with Crippen molar-refractivity contribution in [3.05, 3.63) is 16.1 Å². The number of hydrogen-bond donors (Lipinski definition) is 0. The Kier molecular flexibility index (Phi) is 2.29. The van der Waals surface area contributed by atoms with E-state index >= 15 is 0 Å². The average molecular weight is 235 g/mol. The van der Waals surface area contributed by atoms with Crippen LogP contribution in [-0.4, -0.2) is 9.78 Å². The van der Waals surface area contributed by atoms with Crippen LogP contribution in [0.5, 0.6) is 0 Å². The van der Waals surface area contributed by atoms with Crippen LogP contribution < -0.4 is 0 Å². The molecular formula is C8H12BrFN2. The van der Waals surface area contributed by atoms with Crippen LogP contribution in [0.1, 0.15) is 26.5 Å². The minimum absolute atomic E-state index is 0.242. The molecule has 0 aromatic carbocycles. The maximum absolute atomic E-state index is 13.4. The number of aromatic nitrogens is 2. The number of rotatable bonds is 0. The summed E-state index contributed by atoms with van der Waals surface area (Å²) in [6.07, 6.45) is 0. The normalized spacial score (nSPS) is 12.2. The van der Waals surface area contributed by atoms with Gasteiger partial charge in [0.15, 0.2) is 5.82 Å². The number of halogens is 2. The molecule has 1 aromatic rings. The summed E-state index contributed by atoms with van der Waals surface area (Å²) in [6.45, 7) is 5.81. The summed E-state index contributed by atoms with van der Waals surface area (Å²) in [5.74, 6) is -0.259. The first-order chi connectivity index (χ1) is 5.34. The Morgan fingerprint density at radius 2 is 1.92 bits per heavy atom. The largest absolute Gasteiger partial charge is 0.258 e. The second-order valence-corrected chi connectivity index (χ2v) is 4.58. The summed E-state index contributed by atoms with van der Waals surface area (Å²) in [5, 5.41) is 4.08. The SMILES string of the molecule is Cn1nc(C(C)(C)C)c(F)c1Br. The molecule has 0 radical (unpaired) electrons. The molecule has 68 valence electrons. The molecule has 1 rings (SSSR count). The Hall–Kier alpha value is -0.380. The molecule has 0 aliphatic rings. The van der Waals surface area contributed by atoms with Crippen LogP contribution in [0.2, 0.25) is 0 Å². The molecule has 0 N–H and O–H groups in total. The molecule has 0 aliphatic heterocycles. The molecule has 0 unspecified atom stereocenters. The summed E-state index contributed by atoms with van der Waals surface area (Å²) in [4.78, 5) is 0. The second-order valence-electron chi connectivity index (χ2n) is 3.83. The maximum atomic E-state index is 13.4. The van der Waals surface area contributed by atoms with E-state index in [1.165, 1.54) is 4.68 Å². The third-order valence-electron chi connectivity index (χ3n) is 1.63. The van der Waals surface area contributed by atoms with Gasteiger partial charge in [0.25, 0.3) is 0 Å². The predicted molar refractivity (Wildman–Crippen MR) is 49.6 cm³/mol. The summed E-state index contributed by atoms with van der Waals surface area (Å²) in [5.41, 5.74) is 0.255. The minimum Gasteiger partial charge on any atom is -0.258 e. The fourth-order valence-electron chi connectivity index (χ4n) is 0.957. The van der Waals surface area contributed by atoms with E-state index in [4.69, 9.17) is 0 Å². The molecule has 1 aromatic heterocycles. The van der Waals surface area contributed by atoms with Gasteiger partial charge in [-0.1, -0.05) is 20.8 Å². The second kappa shape index (κ2) is 2.83. The first kappa shape index (κ1) is 9.71. The van der Waals surface area contributed by atoms with E-state index in [1.54, 1.807) is 7.05 Å². The van der Waals surface area contributed by atoms with Crippen LogP contribution in [0.4, 0.5) is 4.39 Å². The Labute approximate surface area is 79.9 Å². The van der Waals surface area contributed by atoms with Crippen LogP contribution in [0.15, 0.2) is 4.60 Å². The fourth-order valence-corrected chi connectivity index (χ4v) is 1.22. The average Bonchev–Trinajstić information content (AvgIpc) is 2.15. The smallest absolute Gasteiger partial charge is 0.179 e. The summed E-state index contributed by atoms with van der Waals surface area (Å²) in [7, 11) is 1.71. The molecule has 0 fully saturated rings. The van der Waals surface area contributed by atoms with Crippen molar-refractivity contribution in [1.29, 1.82) is 0 Å². The van der Waals surface area contributed by atoms with Gasteiger partial charge in [0.1, 0.15) is 10.3 Å². The van der Waals surface area contributed by atoms with Crippen molar-refractivity contribution >= 4 is 15.9 Å². The molecule has 2 nitrogen and oxygen atoms in total. The van der Waals surface area contributed by atoms with Gasteiger partial charge in [-0.3, -0.25) is 4.68 Å². The van der Waals surface area contributed by atoms with Crippen molar-refractivity contribution in [3.8, 4) is 0 Å². The van der Waals surface area contributed by atoms with Crippen molar-refractivity contribution in [1.82, 2.24) is 9.78 Å². The Balaban J connectivity index is 3.28. The summed E-state index contributed by atoms with van der Waals surface area (Å²) < 4.78 is 15.3. The van der Waals surface area contributed by atoms with Gasteiger partial charge < -0.3 is 0 Å². The van der Waals surface area contributed by atoms with Gasteiger partial charge in [0.05, 0.1) is 0 Å². The number of hydrogen-bond acceptors (Lipinski definition) is 1. The highest BCUT2D eigenvalue weighted by atomic mass is 79.9. The zero-order chi connectivity index (χ0) is 9.52. The quantitative estimate of drug-likeness (QED) is 0.675. The highest BCUT2D eigenvalue weighted by Gasteiger charge is 2.24. The van der Waals surface area contributed by atoms with Crippen molar-refractivity contribution in [2.45, 2.75) is 26.2 Å². The Bertz CT molecular complexity index is 299. The number of nitrogens with zero attached hydrogens (tertiary/aromatic N) is 2. The molecule has 0 saturated heterocycles. The lowest BCUT2D eigenvalue weighted by molar-refractivity contribution is 0.508. The topological polar surface area (TPSA) is 17.8 Å². The van der Waals surface area contributed by atoms with Crippen molar-refractivity contribution < 1.29 is 4.39 Å². The highest BCUT2D eigenvalue weighted by molar-refractivity contribution is 9.10. The highest BCUT2D eigenvalue weighted by Crippen LogP contribution is 2.27. The predicted octanol–water partition coefficient (Wildman–Crippen LogP) is 2.62. The van der Waals surface area contributed by atoms with Crippen LogP contribution in [-0.2, 0) is 12.5 Å². The molecule has 0 aliphatic carbocycles. The zero-order valence-corrected chi connectivity index (χ0v) is 9.24. The third-order valence-corrected chi connectivity index (χ3v) is 2.49. The molecular weight excluding hydrogens is 223 g/mol. The lowest BCUT2D eigenvalue weighted by atomic mass is 9.92. The van der Waals surface area contributed by atoms with Gasteiger partial charge in [-0.25, -0.2) is 4.39 Å². The third kappa shape index (κ3) is 1.53. The maximum Gasteiger partial charge on any atom is 0.179 e. The van der Waals surface area contributed by atoms with Gasteiger partial charge in [-0.05, 0) is 15.9 Å². The Morgan fingerprint density at radius 1 is 1.42 bits per heavy atom. The first-order valence-corrected chi connectivity index (χ1v) is 4.52. The molecule has 0 saturated carbocycles. The van der Waals surface area contributed by atoms with Gasteiger partial charge in [-0.2, -0.15) is 5.10 Å². The van der Waals surface area contributed by atoms with Crippen LogP contribution >= 0.6 is 15.9 Å². The summed E-state index contributed by atoms with van der Waals surface area (Å²) in [6, 6.07) is 0. The van der Waals surface area contributed by atoms with Crippen LogP contribution in [0, 0.1) is 5.82 Å². The molecule has 0 amide bonds. The lowest BCUT2D eigenvalue weighted by Crippen LogP contribution is -2.14. The monoisotopic (exact) mass is 234 g/mol. The standard InChI is InChI=1S/C8H12BrFN2/c1-8(2,3)6-5(10)7(9)12(4)11-6/h1-4H3. The fraction of sp³-hybridized carbons (Fsp3) is 0.625. The molecule has 12 heavy (non-hydrogen) atoms. The van der Waals surface area contributed by atoms with E-state index in [2.05, 4.69) is 21.0 Å². The van der Waals surface area contributed by atoms with Crippen molar-refractivity contribution in [2.24, 2.45) is 7.05 Å². The van der Waals surface area contributed by atoms with E-state index < -0.39 is 0 Å². The van der Waals surface area contributed by atoms with E-state index in [1.807, 2.05) is 20.8 Å². The molecule has 0 bridgehead atoms. The van der Waals surface area contributed by atoms with Gasteiger partial charge in [0.2, 0.25) is 0 Å². The van der Waals surface area contributed by atoms with Gasteiger partial charge in [-0.15, -0.1) is 0 Å². The first-order valence-electron chi connectivity index (χ1n) is 3.72. The van der Waals surface area contributed by atoms with Crippen molar-refractivity contribution in [2.75, 3.05) is 0 Å². The Morgan fingerprint density at radius 3 is 2.08 bits per heavy atom. The molecule has 1 heterocycles. The van der Waals surface area contributed by atoms with E-state index in [0.717, 1.165) is 0 Å². The van der Waals surface area contributed by atoms with Gasteiger partial charge in [0, 0.05) is 12.5 Å². The number of aryl methyl sites for hydroxylation is 1. The van der Waals surface area contributed by atoms with E-state index in [-0.39, 0.29) is 11.2 Å². The summed E-state index contributed by atoms with van der Waals surface area (Å²) >= 11 is 3.12. The van der Waals surface area contributed by atoms with Crippen molar-refractivity contribution in [3.63, 3.8) is 0 Å². The molecule has 4 heteroatoms. The molecule has 0 spiro atoms. The van der Waals surface area contributed by atoms with Crippen LogP contribution in [0.3, 0.4) is 0 Å².